The molecule has 0 aliphatic carbocycles. The quantitative estimate of drug-likeness (QED) is 0.770. The lowest BCUT2D eigenvalue weighted by atomic mass is 9.75. The largest absolute Gasteiger partial charge is 0.496 e. The first-order valence-electron chi connectivity index (χ1n) is 7.23. The molecule has 1 fully saturated rings. The zero-order valence-electron chi connectivity index (χ0n) is 12.6. The van der Waals surface area contributed by atoms with Gasteiger partial charge in [0.2, 0.25) is 0 Å². The number of ether oxygens (including phenoxy) is 2. The molecular weight excluding hydrogens is 316 g/mol. The molecule has 0 bridgehead atoms. The molecule has 2 nitrogen and oxygen atoms in total. The van der Waals surface area contributed by atoms with Crippen LogP contribution in [-0.4, -0.2) is 19.3 Å². The fourth-order valence-electron chi connectivity index (χ4n) is 3.26. The van der Waals surface area contributed by atoms with Gasteiger partial charge in [0, 0.05) is 11.1 Å². The Morgan fingerprint density at radius 2 is 2.25 bits per heavy atom. The summed E-state index contributed by atoms with van der Waals surface area (Å²) < 4.78 is 12.5. The molecule has 1 radical (unpaired) electrons. The van der Waals surface area contributed by atoms with Gasteiger partial charge < -0.3 is 9.47 Å². The molecule has 0 aromatic heterocycles. The van der Waals surface area contributed by atoms with Crippen LogP contribution in [-0.2, 0) is 4.74 Å². The maximum absolute atomic E-state index is 5.84. The van der Waals surface area contributed by atoms with Gasteiger partial charge in [0.15, 0.2) is 0 Å². The lowest BCUT2D eigenvalue weighted by Crippen LogP contribution is -2.36. The maximum atomic E-state index is 5.84. The smallest absolute Gasteiger partial charge is 0.123 e. The van der Waals surface area contributed by atoms with E-state index in [2.05, 4.69) is 48.8 Å². The molecule has 1 aromatic carbocycles. The summed E-state index contributed by atoms with van der Waals surface area (Å²) in [5.74, 6) is 1.99. The first-order valence-corrected chi connectivity index (χ1v) is 8.03. The van der Waals surface area contributed by atoms with E-state index in [9.17, 15) is 0 Å². The van der Waals surface area contributed by atoms with Crippen LogP contribution in [0.1, 0.15) is 44.6 Å². The minimum Gasteiger partial charge on any atom is -0.496 e. The lowest BCUT2D eigenvalue weighted by molar-refractivity contribution is -0.0768. The number of hydrogen-bond acceptors (Lipinski definition) is 2. The van der Waals surface area contributed by atoms with Gasteiger partial charge >= 0.3 is 0 Å². The van der Waals surface area contributed by atoms with E-state index in [1.165, 1.54) is 5.56 Å². The van der Waals surface area contributed by atoms with Crippen molar-refractivity contribution < 1.29 is 9.47 Å². The molecule has 0 spiro atoms. The van der Waals surface area contributed by atoms with Crippen LogP contribution in [0.15, 0.2) is 22.7 Å². The summed E-state index contributed by atoms with van der Waals surface area (Å²) in [5, 5.41) is 0. The molecule has 3 heteroatoms. The minimum atomic E-state index is -0.0288. The Balaban J connectivity index is 2.28. The van der Waals surface area contributed by atoms with Gasteiger partial charge in [-0.15, -0.1) is 0 Å². The molecule has 111 valence electrons. The highest BCUT2D eigenvalue weighted by Crippen LogP contribution is 2.43. The second-order valence-electron chi connectivity index (χ2n) is 6.14. The van der Waals surface area contributed by atoms with Crippen LogP contribution in [0.4, 0.5) is 0 Å². The molecule has 0 amide bonds. The number of halogens is 1. The molecule has 2 rings (SSSR count). The van der Waals surface area contributed by atoms with Crippen molar-refractivity contribution in [2.24, 2.45) is 5.92 Å². The van der Waals surface area contributed by atoms with Gasteiger partial charge in [-0.05, 0) is 62.6 Å². The van der Waals surface area contributed by atoms with Gasteiger partial charge in [0.1, 0.15) is 5.75 Å². The fourth-order valence-corrected chi connectivity index (χ4v) is 3.60. The molecule has 1 saturated heterocycles. The van der Waals surface area contributed by atoms with Crippen molar-refractivity contribution in [2.45, 2.75) is 44.6 Å². The first kappa shape index (κ1) is 15.8. The highest BCUT2D eigenvalue weighted by atomic mass is 79.9. The Labute approximate surface area is 131 Å². The van der Waals surface area contributed by atoms with E-state index in [0.717, 1.165) is 36.1 Å². The molecule has 1 aliphatic rings. The van der Waals surface area contributed by atoms with Crippen LogP contribution in [0.2, 0.25) is 0 Å². The van der Waals surface area contributed by atoms with Gasteiger partial charge in [-0.2, -0.15) is 0 Å². The highest BCUT2D eigenvalue weighted by molar-refractivity contribution is 9.10. The molecule has 0 N–H and O–H groups in total. The summed E-state index contributed by atoms with van der Waals surface area (Å²) in [4.78, 5) is 0. The summed E-state index contributed by atoms with van der Waals surface area (Å²) in [7, 11) is 1.74. The van der Waals surface area contributed by atoms with Crippen LogP contribution in [0.3, 0.4) is 0 Å². The normalized spacial score (nSPS) is 23.4. The van der Waals surface area contributed by atoms with E-state index < -0.39 is 0 Å². The van der Waals surface area contributed by atoms with E-state index in [1.54, 1.807) is 7.11 Å². The third-order valence-electron chi connectivity index (χ3n) is 4.21. The third kappa shape index (κ3) is 3.56. The standard InChI is InChI=1S/C17H24BrO2/c1-5-14(12-8-9-20-17(2,3)11-12)15-7-6-13(18)10-16(15)19-4/h6-7,10,12,14H,1,5,8-9,11H2,2-4H3/t12-,14+/m1/s1. The molecule has 20 heavy (non-hydrogen) atoms. The van der Waals surface area contributed by atoms with E-state index in [4.69, 9.17) is 9.47 Å². The Morgan fingerprint density at radius 1 is 1.50 bits per heavy atom. The van der Waals surface area contributed by atoms with Crippen LogP contribution in [0.5, 0.6) is 5.75 Å². The predicted octanol–water partition coefficient (Wildman–Crippen LogP) is 4.97. The average molecular weight is 340 g/mol. The fraction of sp³-hybridized carbons (Fsp3) is 0.588. The van der Waals surface area contributed by atoms with Gasteiger partial charge in [-0.1, -0.05) is 28.9 Å². The van der Waals surface area contributed by atoms with Gasteiger partial charge in [-0.3, -0.25) is 0 Å². The Hall–Kier alpha value is -0.540. The molecule has 0 saturated carbocycles. The Bertz CT molecular complexity index is 456. The number of benzene rings is 1. The zero-order chi connectivity index (χ0) is 14.8. The lowest BCUT2D eigenvalue weighted by Gasteiger charge is -2.39. The average Bonchev–Trinajstić information content (AvgIpc) is 2.40. The van der Waals surface area contributed by atoms with Crippen molar-refractivity contribution in [1.29, 1.82) is 0 Å². The summed E-state index contributed by atoms with van der Waals surface area (Å²) >= 11 is 3.51. The van der Waals surface area contributed by atoms with Crippen molar-refractivity contribution in [1.82, 2.24) is 0 Å². The second-order valence-corrected chi connectivity index (χ2v) is 7.06. The van der Waals surface area contributed by atoms with Crippen molar-refractivity contribution in [2.75, 3.05) is 13.7 Å². The summed E-state index contributed by atoms with van der Waals surface area (Å²) in [6.07, 6.45) is 3.06. The van der Waals surface area contributed by atoms with E-state index in [1.807, 2.05) is 6.07 Å². The van der Waals surface area contributed by atoms with Crippen LogP contribution < -0.4 is 4.74 Å². The summed E-state index contributed by atoms with van der Waals surface area (Å²) in [6, 6.07) is 6.30. The topological polar surface area (TPSA) is 18.5 Å². The first-order chi connectivity index (χ1) is 9.46. The van der Waals surface area contributed by atoms with E-state index >= 15 is 0 Å². The van der Waals surface area contributed by atoms with Crippen LogP contribution in [0, 0.1) is 12.8 Å². The van der Waals surface area contributed by atoms with Crippen molar-refractivity contribution >= 4 is 15.9 Å². The van der Waals surface area contributed by atoms with Crippen molar-refractivity contribution in [3.63, 3.8) is 0 Å². The SMILES string of the molecule is [CH2]C[C@H](c1ccc(Br)cc1OC)[C@@H]1CCOC(C)(C)C1. The Morgan fingerprint density at radius 3 is 2.85 bits per heavy atom. The molecule has 1 heterocycles. The number of hydrogen-bond donors (Lipinski definition) is 0. The number of methoxy groups -OCH3 is 1. The predicted molar refractivity (Wildman–Crippen MR) is 86.2 cm³/mol. The minimum absolute atomic E-state index is 0.0288. The summed E-state index contributed by atoms with van der Waals surface area (Å²) in [5.41, 5.74) is 1.24. The second kappa shape index (κ2) is 6.48. The van der Waals surface area contributed by atoms with Crippen LogP contribution >= 0.6 is 15.9 Å². The van der Waals surface area contributed by atoms with Gasteiger partial charge in [0.25, 0.3) is 0 Å². The molecular formula is C17H24BrO2. The summed E-state index contributed by atoms with van der Waals surface area (Å²) in [6.45, 7) is 9.37. The van der Waals surface area contributed by atoms with Crippen molar-refractivity contribution in [3.8, 4) is 5.75 Å². The maximum Gasteiger partial charge on any atom is 0.123 e. The van der Waals surface area contributed by atoms with Crippen molar-refractivity contribution in [3.05, 3.63) is 35.2 Å². The van der Waals surface area contributed by atoms with E-state index in [0.29, 0.717) is 11.8 Å². The molecule has 1 aliphatic heterocycles. The van der Waals surface area contributed by atoms with Gasteiger partial charge in [-0.25, -0.2) is 0 Å². The molecule has 1 aromatic rings. The third-order valence-corrected chi connectivity index (χ3v) is 4.70. The van der Waals surface area contributed by atoms with Gasteiger partial charge in [0.05, 0.1) is 12.7 Å². The monoisotopic (exact) mass is 339 g/mol. The molecule has 2 atom stereocenters. The highest BCUT2D eigenvalue weighted by Gasteiger charge is 2.34. The Kier molecular flexibility index (Phi) is 5.14. The molecule has 0 unspecified atom stereocenters. The number of rotatable bonds is 4. The van der Waals surface area contributed by atoms with Crippen LogP contribution in [0.25, 0.3) is 0 Å². The van der Waals surface area contributed by atoms with E-state index in [-0.39, 0.29) is 5.60 Å². The zero-order valence-corrected chi connectivity index (χ0v) is 14.2.